The Bertz CT molecular complexity index is 616. The molecular weight excluding hydrogens is 262 g/mol. The van der Waals surface area contributed by atoms with Crippen molar-refractivity contribution < 1.29 is 4.79 Å². The molecule has 0 aliphatic carbocycles. The van der Waals surface area contributed by atoms with E-state index in [1.54, 1.807) is 0 Å². The molecule has 4 nitrogen and oxygen atoms in total. The van der Waals surface area contributed by atoms with Crippen LogP contribution in [0.2, 0.25) is 0 Å². The number of aryl methyl sites for hydroxylation is 2. The summed E-state index contributed by atoms with van der Waals surface area (Å²) in [6, 6.07) is 6.52. The molecule has 4 heteroatoms. The Morgan fingerprint density at radius 3 is 2.81 bits per heavy atom. The molecule has 0 spiro atoms. The number of benzene rings is 1. The van der Waals surface area contributed by atoms with E-state index >= 15 is 0 Å². The van der Waals surface area contributed by atoms with E-state index in [9.17, 15) is 4.79 Å². The number of nitrogens with one attached hydrogen (secondary N) is 2. The molecule has 1 aromatic carbocycles. The van der Waals surface area contributed by atoms with Crippen molar-refractivity contribution in [3.8, 4) is 0 Å². The van der Waals surface area contributed by atoms with Crippen LogP contribution in [0.25, 0.3) is 10.9 Å². The van der Waals surface area contributed by atoms with Gasteiger partial charge in [-0.3, -0.25) is 4.79 Å². The lowest BCUT2D eigenvalue weighted by atomic mass is 10.0. The lowest BCUT2D eigenvalue weighted by Crippen LogP contribution is -2.22. The number of H-pyrrole nitrogens is 1. The van der Waals surface area contributed by atoms with Gasteiger partial charge < -0.3 is 16.0 Å². The second kappa shape index (κ2) is 7.27. The van der Waals surface area contributed by atoms with E-state index in [-0.39, 0.29) is 5.91 Å². The van der Waals surface area contributed by atoms with Crippen LogP contribution in [0.4, 0.5) is 0 Å². The summed E-state index contributed by atoms with van der Waals surface area (Å²) in [5.41, 5.74) is 10.3. The lowest BCUT2D eigenvalue weighted by molar-refractivity contribution is -0.121. The van der Waals surface area contributed by atoms with E-state index in [1.165, 1.54) is 16.5 Å². The van der Waals surface area contributed by atoms with Gasteiger partial charge in [0.25, 0.3) is 0 Å². The van der Waals surface area contributed by atoms with Gasteiger partial charge >= 0.3 is 0 Å². The van der Waals surface area contributed by atoms with Crippen LogP contribution in [-0.4, -0.2) is 17.4 Å². The Morgan fingerprint density at radius 2 is 2.10 bits per heavy atom. The number of unbranched alkanes of at least 4 members (excludes halogenated alkanes) is 1. The summed E-state index contributed by atoms with van der Waals surface area (Å²) in [7, 11) is 0. The van der Waals surface area contributed by atoms with Crippen molar-refractivity contribution in [2.45, 2.75) is 46.1 Å². The zero-order valence-electron chi connectivity index (χ0n) is 13.0. The van der Waals surface area contributed by atoms with Crippen molar-refractivity contribution in [3.63, 3.8) is 0 Å². The van der Waals surface area contributed by atoms with Crippen LogP contribution in [0.3, 0.4) is 0 Å². The topological polar surface area (TPSA) is 70.9 Å². The summed E-state index contributed by atoms with van der Waals surface area (Å²) in [6.45, 7) is 5.51. The zero-order chi connectivity index (χ0) is 15.2. The molecule has 0 aliphatic rings. The Labute approximate surface area is 126 Å². The van der Waals surface area contributed by atoms with Crippen LogP contribution in [0.15, 0.2) is 18.2 Å². The molecule has 0 aliphatic heterocycles. The van der Waals surface area contributed by atoms with Crippen molar-refractivity contribution in [2.24, 2.45) is 5.73 Å². The Balaban J connectivity index is 1.98. The molecule has 0 fully saturated rings. The average Bonchev–Trinajstić information content (AvgIpc) is 2.86. The number of fused-ring (bicyclic) bond motifs is 1. The smallest absolute Gasteiger partial charge is 0.220 e. The normalized spacial score (nSPS) is 11.0. The van der Waals surface area contributed by atoms with Gasteiger partial charge in [0.05, 0.1) is 6.54 Å². The molecule has 1 aromatic heterocycles. The SMILES string of the molecule is CCc1cc2[nH]c(CNC(=O)CCCCN)cc2cc1C. The fraction of sp³-hybridized carbons (Fsp3) is 0.471. The van der Waals surface area contributed by atoms with Gasteiger partial charge in [-0.25, -0.2) is 0 Å². The second-order valence-corrected chi connectivity index (χ2v) is 5.54. The summed E-state index contributed by atoms with van der Waals surface area (Å²) >= 11 is 0. The summed E-state index contributed by atoms with van der Waals surface area (Å²) in [5, 5.41) is 4.16. The van der Waals surface area contributed by atoms with Gasteiger partial charge in [-0.1, -0.05) is 6.92 Å². The predicted molar refractivity (Wildman–Crippen MR) is 87.2 cm³/mol. The van der Waals surface area contributed by atoms with Crippen LogP contribution in [0.5, 0.6) is 0 Å². The number of carbonyl (C=O) groups is 1. The minimum absolute atomic E-state index is 0.0903. The molecule has 0 unspecified atom stereocenters. The third-order valence-electron chi connectivity index (χ3n) is 3.85. The molecule has 0 radical (unpaired) electrons. The highest BCUT2D eigenvalue weighted by atomic mass is 16.1. The van der Waals surface area contributed by atoms with Gasteiger partial charge in [0.2, 0.25) is 5.91 Å². The number of aromatic nitrogens is 1. The van der Waals surface area contributed by atoms with Gasteiger partial charge in [-0.2, -0.15) is 0 Å². The largest absolute Gasteiger partial charge is 0.357 e. The number of aromatic amines is 1. The number of hydrogen-bond donors (Lipinski definition) is 3. The molecule has 0 saturated heterocycles. The van der Waals surface area contributed by atoms with Crippen molar-refractivity contribution in [3.05, 3.63) is 35.0 Å². The van der Waals surface area contributed by atoms with E-state index in [0.717, 1.165) is 30.5 Å². The zero-order valence-corrected chi connectivity index (χ0v) is 13.0. The molecule has 21 heavy (non-hydrogen) atoms. The molecule has 0 atom stereocenters. The van der Waals surface area contributed by atoms with E-state index < -0.39 is 0 Å². The van der Waals surface area contributed by atoms with Crippen molar-refractivity contribution >= 4 is 16.8 Å². The van der Waals surface area contributed by atoms with Crippen molar-refractivity contribution in [2.75, 3.05) is 6.54 Å². The van der Waals surface area contributed by atoms with Crippen LogP contribution < -0.4 is 11.1 Å². The molecule has 1 heterocycles. The van der Waals surface area contributed by atoms with E-state index in [2.05, 4.69) is 42.3 Å². The van der Waals surface area contributed by atoms with Gasteiger partial charge in [0, 0.05) is 17.6 Å². The maximum Gasteiger partial charge on any atom is 0.220 e. The van der Waals surface area contributed by atoms with E-state index in [4.69, 9.17) is 5.73 Å². The predicted octanol–water partition coefficient (Wildman–Crippen LogP) is 2.78. The van der Waals surface area contributed by atoms with E-state index in [0.29, 0.717) is 19.5 Å². The molecule has 114 valence electrons. The molecule has 2 rings (SSSR count). The van der Waals surface area contributed by atoms with Crippen molar-refractivity contribution in [1.82, 2.24) is 10.3 Å². The van der Waals surface area contributed by atoms with Gasteiger partial charge in [0.15, 0.2) is 0 Å². The van der Waals surface area contributed by atoms with Crippen LogP contribution >= 0.6 is 0 Å². The Hall–Kier alpha value is -1.81. The molecular formula is C17H25N3O. The second-order valence-electron chi connectivity index (χ2n) is 5.54. The van der Waals surface area contributed by atoms with Crippen LogP contribution in [-0.2, 0) is 17.8 Å². The number of amides is 1. The Morgan fingerprint density at radius 1 is 1.29 bits per heavy atom. The van der Waals surface area contributed by atoms with Crippen LogP contribution in [0.1, 0.15) is 43.0 Å². The monoisotopic (exact) mass is 287 g/mol. The third kappa shape index (κ3) is 4.08. The molecule has 0 bridgehead atoms. The summed E-state index contributed by atoms with van der Waals surface area (Å²) < 4.78 is 0. The maximum absolute atomic E-state index is 11.7. The standard InChI is InChI=1S/C17H25N3O/c1-3-13-10-16-14(8-12(13)2)9-15(20-16)11-19-17(21)6-4-5-7-18/h8-10,20H,3-7,11,18H2,1-2H3,(H,19,21). The van der Waals surface area contributed by atoms with Gasteiger partial charge in [0.1, 0.15) is 0 Å². The Kier molecular flexibility index (Phi) is 5.39. The lowest BCUT2D eigenvalue weighted by Gasteiger charge is -2.03. The first-order valence-electron chi connectivity index (χ1n) is 7.72. The first kappa shape index (κ1) is 15.6. The first-order chi connectivity index (χ1) is 10.1. The molecule has 2 aromatic rings. The maximum atomic E-state index is 11.7. The first-order valence-corrected chi connectivity index (χ1v) is 7.72. The van der Waals surface area contributed by atoms with Crippen molar-refractivity contribution in [1.29, 1.82) is 0 Å². The van der Waals surface area contributed by atoms with Gasteiger partial charge in [-0.15, -0.1) is 0 Å². The van der Waals surface area contributed by atoms with Crippen LogP contribution in [0, 0.1) is 6.92 Å². The number of carbonyl (C=O) groups excluding carboxylic acids is 1. The highest BCUT2D eigenvalue weighted by Crippen LogP contribution is 2.21. The van der Waals surface area contributed by atoms with E-state index in [1.807, 2.05) is 0 Å². The minimum atomic E-state index is 0.0903. The fourth-order valence-corrected chi connectivity index (χ4v) is 2.59. The quantitative estimate of drug-likeness (QED) is 0.685. The average molecular weight is 287 g/mol. The molecule has 0 saturated carbocycles. The number of rotatable bonds is 7. The summed E-state index contributed by atoms with van der Waals surface area (Å²) in [5.74, 6) is 0.0903. The summed E-state index contributed by atoms with van der Waals surface area (Å²) in [4.78, 5) is 15.1. The number of nitrogens with two attached hydrogens (primary N) is 1. The summed E-state index contributed by atoms with van der Waals surface area (Å²) in [6.07, 6.45) is 3.34. The fourth-order valence-electron chi connectivity index (χ4n) is 2.59. The molecule has 4 N–H and O–H groups in total. The molecule has 1 amide bonds. The number of hydrogen-bond acceptors (Lipinski definition) is 2. The third-order valence-corrected chi connectivity index (χ3v) is 3.85. The highest BCUT2D eigenvalue weighted by Gasteiger charge is 2.06. The van der Waals surface area contributed by atoms with Gasteiger partial charge in [-0.05, 0) is 67.4 Å². The highest BCUT2D eigenvalue weighted by molar-refractivity contribution is 5.82. The minimum Gasteiger partial charge on any atom is -0.357 e.